The van der Waals surface area contributed by atoms with Crippen molar-refractivity contribution in [3.63, 3.8) is 0 Å². The number of nitrogens with one attached hydrogen (secondary N) is 2. The number of nitriles is 1. The smallest absolute Gasteiger partial charge is 0.150 e. The first-order valence-electron chi connectivity index (χ1n) is 5.68. The summed E-state index contributed by atoms with van der Waals surface area (Å²) in [5.41, 5.74) is 1.29. The third-order valence-electron chi connectivity index (χ3n) is 2.65. The molecule has 0 amide bonds. The molecule has 98 valence electrons. The summed E-state index contributed by atoms with van der Waals surface area (Å²) >= 11 is 7.47. The molecule has 0 spiro atoms. The molecule has 3 aromatic rings. The van der Waals surface area contributed by atoms with E-state index in [1.165, 1.54) is 18.3 Å². The maximum Gasteiger partial charge on any atom is 0.150 e. The Balaban J connectivity index is 1.87. The number of H-pyrrole nitrogens is 1. The van der Waals surface area contributed by atoms with Crippen LogP contribution in [-0.2, 0) is 0 Å². The van der Waals surface area contributed by atoms with Crippen molar-refractivity contribution in [2.24, 2.45) is 0 Å². The molecule has 0 aliphatic carbocycles. The number of benzene rings is 1. The van der Waals surface area contributed by atoms with Gasteiger partial charge in [0.25, 0.3) is 0 Å². The zero-order chi connectivity index (χ0) is 13.9. The molecule has 0 aliphatic heterocycles. The SMILES string of the molecule is N#Cc1cccc(SNc2ncnc3[nH]cc(Cl)c23)c1. The fraction of sp³-hybridized carbons (Fsp3) is 0. The summed E-state index contributed by atoms with van der Waals surface area (Å²) in [7, 11) is 0. The molecule has 0 bridgehead atoms. The van der Waals surface area contributed by atoms with Crippen LogP contribution in [-0.4, -0.2) is 15.0 Å². The van der Waals surface area contributed by atoms with Crippen molar-refractivity contribution in [3.05, 3.63) is 47.4 Å². The molecule has 1 aromatic carbocycles. The zero-order valence-corrected chi connectivity index (χ0v) is 11.7. The van der Waals surface area contributed by atoms with Crippen molar-refractivity contribution >= 4 is 40.4 Å². The number of aromatic nitrogens is 3. The molecule has 0 fully saturated rings. The number of fused-ring (bicyclic) bond motifs is 1. The maximum atomic E-state index is 8.88. The van der Waals surface area contributed by atoms with Gasteiger partial charge in [-0.3, -0.25) is 0 Å². The summed E-state index contributed by atoms with van der Waals surface area (Å²) < 4.78 is 3.13. The summed E-state index contributed by atoms with van der Waals surface area (Å²) in [6.07, 6.45) is 3.14. The van der Waals surface area contributed by atoms with Gasteiger partial charge in [-0.05, 0) is 30.1 Å². The molecule has 0 saturated carbocycles. The van der Waals surface area contributed by atoms with E-state index in [1.54, 1.807) is 18.3 Å². The fourth-order valence-corrected chi connectivity index (χ4v) is 2.67. The Morgan fingerprint density at radius 1 is 1.35 bits per heavy atom. The van der Waals surface area contributed by atoms with Crippen LogP contribution in [0.3, 0.4) is 0 Å². The predicted molar refractivity (Wildman–Crippen MR) is 79.5 cm³/mol. The summed E-state index contributed by atoms with van der Waals surface area (Å²) in [4.78, 5) is 12.2. The van der Waals surface area contributed by atoms with Crippen LogP contribution in [0.15, 0.2) is 41.7 Å². The third kappa shape index (κ3) is 2.41. The van der Waals surface area contributed by atoms with E-state index < -0.39 is 0 Å². The van der Waals surface area contributed by atoms with Gasteiger partial charge in [-0.15, -0.1) is 0 Å². The molecule has 2 heterocycles. The normalized spacial score (nSPS) is 10.4. The van der Waals surface area contributed by atoms with Crippen molar-refractivity contribution in [1.29, 1.82) is 5.26 Å². The lowest BCUT2D eigenvalue weighted by atomic mass is 10.2. The lowest BCUT2D eigenvalue weighted by molar-refractivity contribution is 1.21. The van der Waals surface area contributed by atoms with Crippen molar-refractivity contribution < 1.29 is 0 Å². The Hall–Kier alpha value is -2.23. The third-order valence-corrected chi connectivity index (χ3v) is 3.73. The van der Waals surface area contributed by atoms with Crippen molar-refractivity contribution in [3.8, 4) is 6.07 Å². The Morgan fingerprint density at radius 3 is 3.10 bits per heavy atom. The lowest BCUT2D eigenvalue weighted by Crippen LogP contribution is -1.93. The molecular weight excluding hydrogens is 294 g/mol. The van der Waals surface area contributed by atoms with Crippen LogP contribution in [0.4, 0.5) is 5.82 Å². The van der Waals surface area contributed by atoms with E-state index in [4.69, 9.17) is 16.9 Å². The first kappa shape index (κ1) is 12.8. The molecule has 20 heavy (non-hydrogen) atoms. The zero-order valence-electron chi connectivity index (χ0n) is 10.1. The second-order valence-corrected chi connectivity index (χ2v) is 5.21. The summed E-state index contributed by atoms with van der Waals surface area (Å²) in [6, 6.07) is 9.41. The Bertz CT molecular complexity index is 808. The minimum absolute atomic E-state index is 0.564. The van der Waals surface area contributed by atoms with Gasteiger partial charge in [-0.2, -0.15) is 5.26 Å². The van der Waals surface area contributed by atoms with Crippen LogP contribution in [0, 0.1) is 11.3 Å². The van der Waals surface area contributed by atoms with Gasteiger partial charge in [0.1, 0.15) is 12.0 Å². The van der Waals surface area contributed by atoms with Crippen molar-refractivity contribution in [2.45, 2.75) is 4.90 Å². The van der Waals surface area contributed by atoms with E-state index in [-0.39, 0.29) is 0 Å². The van der Waals surface area contributed by atoms with Crippen LogP contribution in [0.25, 0.3) is 11.0 Å². The predicted octanol–water partition coefficient (Wildman–Crippen LogP) is 3.60. The van der Waals surface area contributed by atoms with Gasteiger partial charge in [-0.1, -0.05) is 17.7 Å². The number of halogens is 1. The number of aromatic amines is 1. The second kappa shape index (κ2) is 5.41. The highest BCUT2D eigenvalue weighted by molar-refractivity contribution is 8.00. The topological polar surface area (TPSA) is 77.4 Å². The van der Waals surface area contributed by atoms with E-state index in [9.17, 15) is 0 Å². The van der Waals surface area contributed by atoms with Gasteiger partial charge in [0.15, 0.2) is 5.82 Å². The highest BCUT2D eigenvalue weighted by Crippen LogP contribution is 2.30. The summed E-state index contributed by atoms with van der Waals surface area (Å²) in [6.45, 7) is 0. The van der Waals surface area contributed by atoms with Gasteiger partial charge in [0.2, 0.25) is 0 Å². The van der Waals surface area contributed by atoms with E-state index in [1.807, 2.05) is 12.1 Å². The minimum Gasteiger partial charge on any atom is -0.344 e. The highest BCUT2D eigenvalue weighted by Gasteiger charge is 2.09. The Morgan fingerprint density at radius 2 is 2.25 bits per heavy atom. The van der Waals surface area contributed by atoms with Crippen LogP contribution >= 0.6 is 23.5 Å². The molecule has 5 nitrogen and oxygen atoms in total. The summed E-state index contributed by atoms with van der Waals surface area (Å²) in [5.74, 6) is 0.633. The Kier molecular flexibility index (Phi) is 3.46. The fourth-order valence-electron chi connectivity index (χ4n) is 1.74. The van der Waals surface area contributed by atoms with E-state index in [0.717, 1.165) is 10.3 Å². The largest absolute Gasteiger partial charge is 0.344 e. The number of hydrogen-bond donors (Lipinski definition) is 2. The first-order valence-corrected chi connectivity index (χ1v) is 6.88. The molecule has 0 unspecified atom stereocenters. The molecule has 2 N–H and O–H groups in total. The molecule has 0 radical (unpaired) electrons. The van der Waals surface area contributed by atoms with Gasteiger partial charge in [-0.25, -0.2) is 9.97 Å². The molecular formula is C13H8ClN5S. The second-order valence-electron chi connectivity index (χ2n) is 3.93. The van der Waals surface area contributed by atoms with Crippen LogP contribution in [0.5, 0.6) is 0 Å². The van der Waals surface area contributed by atoms with Gasteiger partial charge < -0.3 is 9.71 Å². The molecule has 2 aromatic heterocycles. The average molecular weight is 302 g/mol. The van der Waals surface area contributed by atoms with Gasteiger partial charge in [0, 0.05) is 11.1 Å². The van der Waals surface area contributed by atoms with Crippen LogP contribution < -0.4 is 4.72 Å². The number of hydrogen-bond acceptors (Lipinski definition) is 5. The maximum absolute atomic E-state index is 8.88. The van der Waals surface area contributed by atoms with Crippen molar-refractivity contribution in [1.82, 2.24) is 15.0 Å². The first-order chi connectivity index (χ1) is 9.78. The molecule has 3 rings (SSSR count). The highest BCUT2D eigenvalue weighted by atomic mass is 35.5. The standard InChI is InChI=1S/C13H8ClN5S/c14-10-6-16-12-11(10)13(18-7-17-12)19-20-9-3-1-2-8(4-9)5-15/h1-4,6-7H,(H2,16,17,18,19). The van der Waals surface area contributed by atoms with Crippen LogP contribution in [0.2, 0.25) is 5.02 Å². The van der Waals surface area contributed by atoms with E-state index >= 15 is 0 Å². The van der Waals surface area contributed by atoms with E-state index in [2.05, 4.69) is 25.7 Å². The Labute approximate surface area is 124 Å². The monoisotopic (exact) mass is 301 g/mol. The summed E-state index contributed by atoms with van der Waals surface area (Å²) in [5, 5.41) is 10.2. The van der Waals surface area contributed by atoms with Crippen molar-refractivity contribution in [2.75, 3.05) is 4.72 Å². The molecule has 0 saturated heterocycles. The molecule has 0 aliphatic rings. The molecule has 7 heteroatoms. The molecule has 0 atom stereocenters. The average Bonchev–Trinajstić information content (AvgIpc) is 2.88. The number of rotatable bonds is 3. The van der Waals surface area contributed by atoms with Crippen LogP contribution in [0.1, 0.15) is 5.56 Å². The van der Waals surface area contributed by atoms with E-state index in [0.29, 0.717) is 22.1 Å². The van der Waals surface area contributed by atoms with Gasteiger partial charge >= 0.3 is 0 Å². The quantitative estimate of drug-likeness (QED) is 0.723. The number of nitrogens with zero attached hydrogens (tertiary/aromatic N) is 3. The van der Waals surface area contributed by atoms with Gasteiger partial charge in [0.05, 0.1) is 22.0 Å². The minimum atomic E-state index is 0.564. The lowest BCUT2D eigenvalue weighted by Gasteiger charge is -2.05. The number of anilines is 1.